The summed E-state index contributed by atoms with van der Waals surface area (Å²) in [5.41, 5.74) is 1.06. The van der Waals surface area contributed by atoms with E-state index in [-0.39, 0.29) is 0 Å². The van der Waals surface area contributed by atoms with Crippen LogP contribution in [0.3, 0.4) is 0 Å². The minimum atomic E-state index is 0.778. The van der Waals surface area contributed by atoms with E-state index in [1.54, 1.807) is 0 Å². The highest BCUT2D eigenvalue weighted by Crippen LogP contribution is 2.27. The van der Waals surface area contributed by atoms with Crippen molar-refractivity contribution in [2.24, 2.45) is 5.92 Å². The van der Waals surface area contributed by atoms with E-state index in [4.69, 9.17) is 23.2 Å². The van der Waals surface area contributed by atoms with Gasteiger partial charge < -0.3 is 0 Å². The number of nitrogens with zero attached hydrogens (tertiary/aromatic N) is 1. The highest BCUT2D eigenvalue weighted by molar-refractivity contribution is 9.09. The Morgan fingerprint density at radius 1 is 1.18 bits per heavy atom. The van der Waals surface area contributed by atoms with Gasteiger partial charge in [-0.15, -0.1) is 0 Å². The lowest BCUT2D eigenvalue weighted by Crippen LogP contribution is -2.33. The molecule has 0 saturated carbocycles. The lowest BCUT2D eigenvalue weighted by Gasteiger charge is -2.31. The van der Waals surface area contributed by atoms with Crippen molar-refractivity contribution in [1.29, 1.82) is 0 Å². The molecule has 4 heteroatoms. The number of hydrogen-bond acceptors (Lipinski definition) is 1. The number of piperidine rings is 1. The van der Waals surface area contributed by atoms with Gasteiger partial charge >= 0.3 is 0 Å². The van der Waals surface area contributed by atoms with Gasteiger partial charge in [-0.1, -0.05) is 45.2 Å². The van der Waals surface area contributed by atoms with Gasteiger partial charge in [-0.25, -0.2) is 0 Å². The summed E-state index contributed by atoms with van der Waals surface area (Å²) in [5.74, 6) is 0.827. The fraction of sp³-hybridized carbons (Fsp3) is 0.538. The Labute approximate surface area is 121 Å². The summed E-state index contributed by atoms with van der Waals surface area (Å²) in [6, 6.07) is 5.72. The molecule has 0 spiro atoms. The van der Waals surface area contributed by atoms with E-state index >= 15 is 0 Å². The number of benzene rings is 1. The van der Waals surface area contributed by atoms with E-state index in [1.165, 1.54) is 12.8 Å². The molecule has 1 heterocycles. The molecule has 1 aromatic rings. The lowest BCUT2D eigenvalue weighted by atomic mass is 9.99. The van der Waals surface area contributed by atoms with Crippen molar-refractivity contribution >= 4 is 39.1 Å². The van der Waals surface area contributed by atoms with Crippen LogP contribution in [0.4, 0.5) is 0 Å². The van der Waals surface area contributed by atoms with Gasteiger partial charge in [0.1, 0.15) is 0 Å². The average molecular weight is 337 g/mol. The van der Waals surface area contributed by atoms with Gasteiger partial charge in [0.15, 0.2) is 0 Å². The van der Waals surface area contributed by atoms with Gasteiger partial charge in [0.2, 0.25) is 0 Å². The topological polar surface area (TPSA) is 3.24 Å². The molecular weight excluding hydrogens is 321 g/mol. The molecule has 1 aliphatic rings. The number of rotatable bonds is 3. The van der Waals surface area contributed by atoms with Crippen molar-refractivity contribution in [2.45, 2.75) is 19.4 Å². The molecule has 1 aromatic carbocycles. The van der Waals surface area contributed by atoms with Crippen molar-refractivity contribution in [3.63, 3.8) is 0 Å². The summed E-state index contributed by atoms with van der Waals surface area (Å²) < 4.78 is 0. The molecule has 17 heavy (non-hydrogen) atoms. The van der Waals surface area contributed by atoms with Crippen molar-refractivity contribution < 1.29 is 0 Å². The molecule has 1 fully saturated rings. The van der Waals surface area contributed by atoms with Crippen LogP contribution >= 0.6 is 39.1 Å². The Kier molecular flexibility index (Phi) is 5.16. The van der Waals surface area contributed by atoms with Crippen molar-refractivity contribution in [1.82, 2.24) is 4.90 Å². The van der Waals surface area contributed by atoms with Crippen LogP contribution < -0.4 is 0 Å². The number of hydrogen-bond donors (Lipinski definition) is 0. The van der Waals surface area contributed by atoms with Crippen LogP contribution in [-0.2, 0) is 6.54 Å². The third kappa shape index (κ3) is 3.60. The summed E-state index contributed by atoms with van der Waals surface area (Å²) in [6.45, 7) is 3.14. The van der Waals surface area contributed by atoms with Crippen molar-refractivity contribution in [2.75, 3.05) is 18.4 Å². The van der Waals surface area contributed by atoms with Crippen LogP contribution in [0, 0.1) is 5.92 Å². The summed E-state index contributed by atoms with van der Waals surface area (Å²) in [7, 11) is 0. The molecule has 1 saturated heterocycles. The molecule has 0 radical (unpaired) electrons. The van der Waals surface area contributed by atoms with Gasteiger partial charge in [0.05, 0.1) is 0 Å². The Balaban J connectivity index is 1.98. The van der Waals surface area contributed by atoms with E-state index in [2.05, 4.69) is 20.8 Å². The van der Waals surface area contributed by atoms with Gasteiger partial charge in [-0.05, 0) is 44.0 Å². The van der Waals surface area contributed by atoms with E-state index in [9.17, 15) is 0 Å². The van der Waals surface area contributed by atoms with Crippen LogP contribution in [0.5, 0.6) is 0 Å². The molecule has 0 aliphatic carbocycles. The van der Waals surface area contributed by atoms with Gasteiger partial charge in [-0.3, -0.25) is 4.90 Å². The second-order valence-corrected chi connectivity index (χ2v) is 6.04. The summed E-state index contributed by atoms with van der Waals surface area (Å²) >= 11 is 15.9. The zero-order valence-electron chi connectivity index (χ0n) is 9.63. The Morgan fingerprint density at radius 3 is 2.29 bits per heavy atom. The van der Waals surface area contributed by atoms with Gasteiger partial charge in [0.25, 0.3) is 0 Å². The lowest BCUT2D eigenvalue weighted by molar-refractivity contribution is 0.187. The summed E-state index contributed by atoms with van der Waals surface area (Å²) in [4.78, 5) is 2.44. The normalized spacial score (nSPS) is 18.5. The third-order valence-corrected chi connectivity index (χ3v) is 4.99. The van der Waals surface area contributed by atoms with E-state index in [1.807, 2.05) is 18.2 Å². The monoisotopic (exact) mass is 335 g/mol. The van der Waals surface area contributed by atoms with Crippen molar-refractivity contribution in [3.05, 3.63) is 33.8 Å². The van der Waals surface area contributed by atoms with E-state index in [0.29, 0.717) is 0 Å². The molecule has 0 unspecified atom stereocenters. The van der Waals surface area contributed by atoms with Gasteiger partial charge in [-0.2, -0.15) is 0 Å². The van der Waals surface area contributed by atoms with Crippen LogP contribution in [0.1, 0.15) is 18.4 Å². The second-order valence-electron chi connectivity index (χ2n) is 4.57. The molecule has 1 aliphatic heterocycles. The molecule has 0 N–H and O–H groups in total. The predicted molar refractivity (Wildman–Crippen MR) is 78.3 cm³/mol. The highest BCUT2D eigenvalue weighted by atomic mass is 79.9. The predicted octanol–water partition coefficient (Wildman–Crippen LogP) is 4.60. The third-order valence-electron chi connectivity index (χ3n) is 3.37. The maximum absolute atomic E-state index is 6.19. The van der Waals surface area contributed by atoms with E-state index < -0.39 is 0 Å². The van der Waals surface area contributed by atoms with Crippen molar-refractivity contribution in [3.8, 4) is 0 Å². The summed E-state index contributed by atoms with van der Waals surface area (Å²) in [5, 5.41) is 2.67. The highest BCUT2D eigenvalue weighted by Gasteiger charge is 2.19. The largest absolute Gasteiger partial charge is 0.299 e. The van der Waals surface area contributed by atoms with Crippen LogP contribution in [0.2, 0.25) is 10.0 Å². The number of alkyl halides is 1. The van der Waals surface area contributed by atoms with Crippen LogP contribution in [-0.4, -0.2) is 23.3 Å². The molecule has 2 rings (SSSR count). The minimum absolute atomic E-state index is 0.778. The zero-order chi connectivity index (χ0) is 12.3. The second kappa shape index (κ2) is 6.42. The fourth-order valence-corrected chi connectivity index (χ4v) is 3.37. The average Bonchev–Trinajstić information content (AvgIpc) is 2.35. The Hall–Kier alpha value is 0.240. The first-order valence-electron chi connectivity index (χ1n) is 5.92. The SMILES string of the molecule is Clc1cccc(Cl)c1CN1CCC(CBr)CC1. The smallest absolute Gasteiger partial charge is 0.0465 e. The first-order valence-corrected chi connectivity index (χ1v) is 7.79. The molecule has 0 amide bonds. The minimum Gasteiger partial charge on any atom is -0.299 e. The maximum atomic E-state index is 6.19. The van der Waals surface area contributed by atoms with Gasteiger partial charge in [0, 0.05) is 27.5 Å². The zero-order valence-corrected chi connectivity index (χ0v) is 12.7. The molecule has 0 atom stereocenters. The molecule has 0 aromatic heterocycles. The molecule has 1 nitrogen and oxygen atoms in total. The fourth-order valence-electron chi connectivity index (χ4n) is 2.21. The summed E-state index contributed by atoms with van der Waals surface area (Å²) in [6.07, 6.45) is 2.51. The van der Waals surface area contributed by atoms with E-state index in [0.717, 1.165) is 46.5 Å². The number of likely N-dealkylation sites (tertiary alicyclic amines) is 1. The Bertz CT molecular complexity index is 355. The standard InChI is InChI=1S/C13H16BrCl2N/c14-8-10-4-6-17(7-5-10)9-11-12(15)2-1-3-13(11)16/h1-3,10H,4-9H2. The molecule has 0 bridgehead atoms. The Morgan fingerprint density at radius 2 is 1.76 bits per heavy atom. The molecular formula is C13H16BrCl2N. The maximum Gasteiger partial charge on any atom is 0.0465 e. The number of halogens is 3. The molecule has 94 valence electrons. The quantitative estimate of drug-likeness (QED) is 0.729. The van der Waals surface area contributed by atoms with Crippen LogP contribution in [0.25, 0.3) is 0 Å². The first kappa shape index (κ1) is 13.7. The van der Waals surface area contributed by atoms with Crippen LogP contribution in [0.15, 0.2) is 18.2 Å². The first-order chi connectivity index (χ1) is 8.20.